The molecule has 29 heavy (non-hydrogen) atoms. The van der Waals surface area contributed by atoms with Crippen LogP contribution in [-0.2, 0) is 6.61 Å². The number of benzene rings is 2. The van der Waals surface area contributed by atoms with Crippen LogP contribution in [0.4, 0.5) is 0 Å². The average molecular weight is 390 g/mol. The zero-order valence-electron chi connectivity index (χ0n) is 16.9. The Hall–Kier alpha value is -2.73. The maximum atomic E-state index is 12.3. The third-order valence-corrected chi connectivity index (χ3v) is 6.62. The number of ketones is 1. The van der Waals surface area contributed by atoms with Crippen molar-refractivity contribution < 1.29 is 9.53 Å². The van der Waals surface area contributed by atoms with Crippen molar-refractivity contribution in [3.05, 3.63) is 53.9 Å². The van der Waals surface area contributed by atoms with Crippen LogP contribution in [0.15, 0.2) is 42.6 Å². The lowest BCUT2D eigenvalue weighted by atomic mass is 9.98. The van der Waals surface area contributed by atoms with Gasteiger partial charge in [-0.3, -0.25) is 4.79 Å². The second-order valence-corrected chi connectivity index (χ2v) is 8.37. The van der Waals surface area contributed by atoms with Gasteiger partial charge in [0.2, 0.25) is 0 Å². The summed E-state index contributed by atoms with van der Waals surface area (Å²) in [6, 6.07) is 13.5. The fourth-order valence-corrected chi connectivity index (χ4v) is 5.04. The van der Waals surface area contributed by atoms with Gasteiger partial charge in [0.15, 0.2) is 5.78 Å². The number of hydrogen-bond donors (Lipinski definition) is 0. The van der Waals surface area contributed by atoms with Gasteiger partial charge in [-0.25, -0.2) is 4.68 Å². The molecular weight excluding hydrogens is 364 g/mol. The van der Waals surface area contributed by atoms with Gasteiger partial charge >= 0.3 is 0 Å². The molecule has 2 aromatic carbocycles. The van der Waals surface area contributed by atoms with E-state index in [1.54, 1.807) is 6.92 Å². The van der Waals surface area contributed by atoms with Crippen molar-refractivity contribution in [3.63, 3.8) is 0 Å². The summed E-state index contributed by atoms with van der Waals surface area (Å²) in [5, 5.41) is 10.7. The van der Waals surface area contributed by atoms with Gasteiger partial charge in [0.1, 0.15) is 18.1 Å². The van der Waals surface area contributed by atoms with Gasteiger partial charge in [0.05, 0.1) is 17.8 Å². The zero-order valence-corrected chi connectivity index (χ0v) is 16.9. The second-order valence-electron chi connectivity index (χ2n) is 8.37. The standard InChI is InChI=1S/C23H26N4O2/c1-15(28)23-21-6-4-3-5-16(21)7-10-22(23)29-14-17-13-27(25-24-17)20-11-18-8-9-19(12-20)26(18)2/h3-7,10,13,18-20H,8-9,11-12,14H2,1-2H3/t18-,19+,20?. The monoisotopic (exact) mass is 390 g/mol. The van der Waals surface area contributed by atoms with Gasteiger partial charge < -0.3 is 9.64 Å². The summed E-state index contributed by atoms with van der Waals surface area (Å²) in [6.45, 7) is 1.89. The number of aromatic nitrogens is 3. The number of carbonyl (C=O) groups is 1. The van der Waals surface area contributed by atoms with E-state index in [1.807, 2.05) is 47.3 Å². The molecule has 2 saturated heterocycles. The Morgan fingerprint density at radius 2 is 1.86 bits per heavy atom. The van der Waals surface area contributed by atoms with Crippen molar-refractivity contribution in [3.8, 4) is 5.75 Å². The normalized spacial score (nSPS) is 24.1. The first-order chi connectivity index (χ1) is 14.1. The van der Waals surface area contributed by atoms with Crippen molar-refractivity contribution in [2.24, 2.45) is 0 Å². The molecule has 2 bridgehead atoms. The van der Waals surface area contributed by atoms with E-state index in [4.69, 9.17) is 4.74 Å². The van der Waals surface area contributed by atoms with Crippen LogP contribution >= 0.6 is 0 Å². The number of hydrogen-bond acceptors (Lipinski definition) is 5. The minimum Gasteiger partial charge on any atom is -0.486 e. The Morgan fingerprint density at radius 3 is 2.62 bits per heavy atom. The molecule has 150 valence electrons. The molecule has 0 aliphatic carbocycles. The second kappa shape index (κ2) is 7.26. The third kappa shape index (κ3) is 3.31. The SMILES string of the molecule is CC(=O)c1c(OCc2cn(C3C[C@H]4CC[C@@H](C3)N4C)nn2)ccc2ccccc12. The van der Waals surface area contributed by atoms with Crippen LogP contribution in [0.2, 0.25) is 0 Å². The zero-order chi connectivity index (χ0) is 20.0. The number of ether oxygens (including phenoxy) is 1. The molecule has 0 saturated carbocycles. The van der Waals surface area contributed by atoms with E-state index in [1.165, 1.54) is 12.8 Å². The molecule has 6 nitrogen and oxygen atoms in total. The van der Waals surface area contributed by atoms with Crippen LogP contribution in [0.25, 0.3) is 10.8 Å². The van der Waals surface area contributed by atoms with Crippen molar-refractivity contribution in [1.29, 1.82) is 0 Å². The van der Waals surface area contributed by atoms with Crippen LogP contribution in [0.3, 0.4) is 0 Å². The summed E-state index contributed by atoms with van der Waals surface area (Å²) in [5.41, 5.74) is 1.42. The van der Waals surface area contributed by atoms with Crippen molar-refractivity contribution >= 4 is 16.6 Å². The first-order valence-corrected chi connectivity index (χ1v) is 10.4. The highest BCUT2D eigenvalue weighted by Gasteiger charge is 2.39. The van der Waals surface area contributed by atoms with E-state index in [-0.39, 0.29) is 5.78 Å². The number of fused-ring (bicyclic) bond motifs is 3. The van der Waals surface area contributed by atoms with E-state index < -0.39 is 0 Å². The predicted octanol–water partition coefficient (Wildman–Crippen LogP) is 4.01. The molecular formula is C23H26N4O2. The average Bonchev–Trinajstić information content (AvgIpc) is 3.26. The van der Waals surface area contributed by atoms with E-state index in [2.05, 4.69) is 22.3 Å². The fraction of sp³-hybridized carbons (Fsp3) is 0.435. The third-order valence-electron chi connectivity index (χ3n) is 6.62. The van der Waals surface area contributed by atoms with E-state index in [0.717, 1.165) is 29.3 Å². The summed E-state index contributed by atoms with van der Waals surface area (Å²) in [4.78, 5) is 14.8. The minimum atomic E-state index is 0.00209. The molecule has 5 rings (SSSR count). The van der Waals surface area contributed by atoms with Gasteiger partial charge in [-0.1, -0.05) is 35.5 Å². The quantitative estimate of drug-likeness (QED) is 0.616. The smallest absolute Gasteiger partial charge is 0.164 e. The summed E-state index contributed by atoms with van der Waals surface area (Å²) in [7, 11) is 2.25. The molecule has 6 heteroatoms. The van der Waals surface area contributed by atoms with E-state index in [9.17, 15) is 4.79 Å². The molecule has 0 radical (unpaired) electrons. The molecule has 3 aromatic rings. The van der Waals surface area contributed by atoms with Gasteiger partial charge in [-0.2, -0.15) is 0 Å². The van der Waals surface area contributed by atoms with Gasteiger partial charge in [0, 0.05) is 12.1 Å². The molecule has 2 aliphatic heterocycles. The molecule has 0 amide bonds. The summed E-state index contributed by atoms with van der Waals surface area (Å²) in [5.74, 6) is 0.602. The van der Waals surface area contributed by atoms with Gasteiger partial charge in [-0.05, 0) is 56.5 Å². The predicted molar refractivity (Wildman–Crippen MR) is 111 cm³/mol. The molecule has 3 atom stereocenters. The largest absolute Gasteiger partial charge is 0.486 e. The molecule has 1 aromatic heterocycles. The molecule has 0 spiro atoms. The maximum absolute atomic E-state index is 12.3. The summed E-state index contributed by atoms with van der Waals surface area (Å²) < 4.78 is 8.04. The topological polar surface area (TPSA) is 60.2 Å². The Labute approximate surface area is 170 Å². The highest BCUT2D eigenvalue weighted by atomic mass is 16.5. The number of rotatable bonds is 5. The van der Waals surface area contributed by atoms with Crippen molar-refractivity contribution in [2.75, 3.05) is 7.05 Å². The fourth-order valence-electron chi connectivity index (χ4n) is 5.04. The van der Waals surface area contributed by atoms with E-state index in [0.29, 0.717) is 36.0 Å². The summed E-state index contributed by atoms with van der Waals surface area (Å²) in [6.07, 6.45) is 6.85. The lowest BCUT2D eigenvalue weighted by Gasteiger charge is -2.36. The first-order valence-electron chi connectivity index (χ1n) is 10.4. The highest BCUT2D eigenvalue weighted by molar-refractivity contribution is 6.09. The van der Waals surface area contributed by atoms with Crippen LogP contribution in [-0.4, -0.2) is 44.8 Å². The number of piperidine rings is 1. The maximum Gasteiger partial charge on any atom is 0.164 e. The number of Topliss-reactive ketones (excluding diaryl/α,β-unsaturated/α-hetero) is 1. The lowest BCUT2D eigenvalue weighted by molar-refractivity contribution is 0.101. The van der Waals surface area contributed by atoms with Crippen molar-refractivity contribution in [1.82, 2.24) is 19.9 Å². The Morgan fingerprint density at radius 1 is 1.10 bits per heavy atom. The number of nitrogens with zero attached hydrogens (tertiary/aromatic N) is 4. The van der Waals surface area contributed by atoms with Crippen LogP contribution in [0, 0.1) is 0 Å². The van der Waals surface area contributed by atoms with Gasteiger partial charge in [-0.15, -0.1) is 5.10 Å². The van der Waals surface area contributed by atoms with Crippen LogP contribution < -0.4 is 4.74 Å². The van der Waals surface area contributed by atoms with Crippen LogP contribution in [0.1, 0.15) is 54.7 Å². The molecule has 3 heterocycles. The Bertz CT molecular complexity index is 1050. The Kier molecular flexibility index (Phi) is 4.59. The highest BCUT2D eigenvalue weighted by Crippen LogP contribution is 2.39. The number of carbonyl (C=O) groups excluding carboxylic acids is 1. The summed E-state index contributed by atoms with van der Waals surface area (Å²) >= 11 is 0. The molecule has 2 fully saturated rings. The molecule has 0 N–H and O–H groups in total. The Balaban J connectivity index is 1.33. The molecule has 1 unspecified atom stereocenters. The first kappa shape index (κ1) is 18.3. The lowest BCUT2D eigenvalue weighted by Crippen LogP contribution is -2.40. The minimum absolute atomic E-state index is 0.00209. The molecule has 2 aliphatic rings. The van der Waals surface area contributed by atoms with E-state index >= 15 is 0 Å². The van der Waals surface area contributed by atoms with Gasteiger partial charge in [0.25, 0.3) is 0 Å². The van der Waals surface area contributed by atoms with Crippen LogP contribution in [0.5, 0.6) is 5.75 Å². The van der Waals surface area contributed by atoms with Crippen molar-refractivity contribution in [2.45, 2.75) is 57.3 Å².